The monoisotopic (exact) mass is 382 g/mol. The van der Waals surface area contributed by atoms with E-state index in [1.165, 1.54) is 5.56 Å². The molecule has 1 aliphatic rings. The van der Waals surface area contributed by atoms with Crippen molar-refractivity contribution in [3.63, 3.8) is 0 Å². The Morgan fingerprint density at radius 2 is 1.85 bits per heavy atom. The first-order valence-corrected chi connectivity index (χ1v) is 10.4. The van der Waals surface area contributed by atoms with Crippen LogP contribution in [0.2, 0.25) is 0 Å². The zero-order chi connectivity index (χ0) is 19.2. The summed E-state index contributed by atoms with van der Waals surface area (Å²) < 4.78 is 0. The van der Waals surface area contributed by atoms with E-state index in [4.69, 9.17) is 0 Å². The third-order valence-corrected chi connectivity index (χ3v) is 5.84. The van der Waals surface area contributed by atoms with Gasteiger partial charge in [0.1, 0.15) is 5.37 Å². The summed E-state index contributed by atoms with van der Waals surface area (Å²) >= 11 is 1.65. The zero-order valence-corrected chi connectivity index (χ0v) is 16.7. The molecule has 1 heterocycles. The first-order valence-electron chi connectivity index (χ1n) is 9.37. The number of amides is 2. The first-order chi connectivity index (χ1) is 13.0. The second-order valence-electron chi connectivity index (χ2n) is 7.21. The van der Waals surface area contributed by atoms with Crippen molar-refractivity contribution in [1.29, 1.82) is 0 Å². The van der Waals surface area contributed by atoms with Crippen LogP contribution in [0.3, 0.4) is 0 Å². The molecule has 0 aromatic heterocycles. The highest BCUT2D eigenvalue weighted by Gasteiger charge is 2.32. The Morgan fingerprint density at radius 1 is 1.15 bits per heavy atom. The number of hydrogen-bond acceptors (Lipinski definition) is 3. The van der Waals surface area contributed by atoms with E-state index in [2.05, 4.69) is 31.3 Å². The maximum Gasteiger partial charge on any atom is 0.251 e. The lowest BCUT2D eigenvalue weighted by Gasteiger charge is -2.24. The van der Waals surface area contributed by atoms with Crippen LogP contribution < -0.4 is 5.32 Å². The fourth-order valence-electron chi connectivity index (χ4n) is 3.06. The summed E-state index contributed by atoms with van der Waals surface area (Å²) in [6.07, 6.45) is 0.847. The average Bonchev–Trinajstić information content (AvgIpc) is 3.06. The minimum absolute atomic E-state index is 0.0222. The Kier molecular flexibility index (Phi) is 6.56. The topological polar surface area (TPSA) is 49.4 Å². The smallest absolute Gasteiger partial charge is 0.251 e. The molecule has 1 saturated heterocycles. The summed E-state index contributed by atoms with van der Waals surface area (Å²) in [7, 11) is 0. The molecule has 2 amide bonds. The van der Waals surface area contributed by atoms with Crippen LogP contribution in [0.5, 0.6) is 0 Å². The molecular weight excluding hydrogens is 356 g/mol. The molecule has 1 fully saturated rings. The first kappa shape index (κ1) is 19.5. The van der Waals surface area contributed by atoms with E-state index in [0.717, 1.165) is 12.0 Å². The van der Waals surface area contributed by atoms with Crippen LogP contribution >= 0.6 is 11.8 Å². The van der Waals surface area contributed by atoms with E-state index in [9.17, 15) is 9.59 Å². The van der Waals surface area contributed by atoms with Gasteiger partial charge in [-0.25, -0.2) is 0 Å². The average molecular weight is 383 g/mol. The van der Waals surface area contributed by atoms with Crippen molar-refractivity contribution in [3.05, 3.63) is 71.3 Å². The van der Waals surface area contributed by atoms with Crippen molar-refractivity contribution < 1.29 is 9.59 Å². The Morgan fingerprint density at radius 3 is 2.52 bits per heavy atom. The molecule has 27 heavy (non-hydrogen) atoms. The quantitative estimate of drug-likeness (QED) is 0.790. The molecule has 2 aromatic rings. The van der Waals surface area contributed by atoms with Crippen molar-refractivity contribution in [2.45, 2.75) is 25.6 Å². The Hall–Kier alpha value is -2.27. The zero-order valence-electron chi connectivity index (χ0n) is 15.9. The van der Waals surface area contributed by atoms with Gasteiger partial charge >= 0.3 is 0 Å². The maximum atomic E-state index is 12.3. The van der Waals surface area contributed by atoms with E-state index in [0.29, 0.717) is 30.3 Å². The SMILES string of the molecule is CC(C)CNC(=O)c1ccc([C@H]2SCC(=O)N2CCc2ccccc2)cc1. The van der Waals surface area contributed by atoms with Gasteiger partial charge < -0.3 is 10.2 Å². The maximum absolute atomic E-state index is 12.3. The molecule has 0 bridgehead atoms. The summed E-state index contributed by atoms with van der Waals surface area (Å²) in [5.74, 6) is 1.06. The van der Waals surface area contributed by atoms with Crippen LogP contribution in [-0.4, -0.2) is 35.6 Å². The van der Waals surface area contributed by atoms with Gasteiger partial charge in [0, 0.05) is 18.7 Å². The molecule has 142 valence electrons. The number of thioether (sulfide) groups is 1. The Labute approximate surface area is 165 Å². The minimum Gasteiger partial charge on any atom is -0.352 e. The molecule has 0 saturated carbocycles. The second-order valence-corrected chi connectivity index (χ2v) is 8.28. The highest BCUT2D eigenvalue weighted by Crippen LogP contribution is 2.38. The number of carbonyl (C=O) groups is 2. The van der Waals surface area contributed by atoms with E-state index in [1.807, 2.05) is 47.4 Å². The number of nitrogens with zero attached hydrogens (tertiary/aromatic N) is 1. The van der Waals surface area contributed by atoms with Gasteiger partial charge in [0.2, 0.25) is 5.91 Å². The van der Waals surface area contributed by atoms with E-state index >= 15 is 0 Å². The number of hydrogen-bond donors (Lipinski definition) is 1. The molecule has 3 rings (SSSR count). The predicted molar refractivity (Wildman–Crippen MR) is 111 cm³/mol. The van der Waals surface area contributed by atoms with Gasteiger partial charge in [-0.1, -0.05) is 56.3 Å². The molecule has 2 aromatic carbocycles. The molecule has 1 N–H and O–H groups in total. The Balaban J connectivity index is 1.65. The minimum atomic E-state index is -0.0497. The van der Waals surface area contributed by atoms with Crippen molar-refractivity contribution in [3.8, 4) is 0 Å². The van der Waals surface area contributed by atoms with Crippen LogP contribution in [0.15, 0.2) is 54.6 Å². The van der Waals surface area contributed by atoms with Gasteiger partial charge in [0.15, 0.2) is 0 Å². The van der Waals surface area contributed by atoms with Crippen LogP contribution in [0.4, 0.5) is 0 Å². The highest BCUT2D eigenvalue weighted by atomic mass is 32.2. The van der Waals surface area contributed by atoms with Gasteiger partial charge in [-0.3, -0.25) is 9.59 Å². The van der Waals surface area contributed by atoms with E-state index < -0.39 is 0 Å². The molecular formula is C22H26N2O2S. The van der Waals surface area contributed by atoms with Gasteiger partial charge in [-0.05, 0) is 35.6 Å². The van der Waals surface area contributed by atoms with E-state index in [-0.39, 0.29) is 17.2 Å². The van der Waals surface area contributed by atoms with Gasteiger partial charge in [-0.2, -0.15) is 0 Å². The Bertz CT molecular complexity index is 775. The van der Waals surface area contributed by atoms with Gasteiger partial charge in [0.05, 0.1) is 5.75 Å². The van der Waals surface area contributed by atoms with Crippen molar-refractivity contribution in [2.75, 3.05) is 18.8 Å². The van der Waals surface area contributed by atoms with Gasteiger partial charge in [-0.15, -0.1) is 11.8 Å². The summed E-state index contributed by atoms with van der Waals surface area (Å²) in [6, 6.07) is 17.9. The summed E-state index contributed by atoms with van der Waals surface area (Å²) in [4.78, 5) is 26.5. The molecule has 0 aliphatic carbocycles. The van der Waals surface area contributed by atoms with Crippen molar-refractivity contribution >= 4 is 23.6 Å². The van der Waals surface area contributed by atoms with Crippen molar-refractivity contribution in [2.24, 2.45) is 5.92 Å². The molecule has 4 nitrogen and oxygen atoms in total. The molecule has 5 heteroatoms. The van der Waals surface area contributed by atoms with Crippen molar-refractivity contribution in [1.82, 2.24) is 10.2 Å². The fourth-order valence-corrected chi connectivity index (χ4v) is 4.28. The number of rotatable bonds is 7. The molecule has 0 radical (unpaired) electrons. The lowest BCUT2D eigenvalue weighted by molar-refractivity contribution is -0.128. The fraction of sp³-hybridized carbons (Fsp3) is 0.364. The lowest BCUT2D eigenvalue weighted by atomic mass is 10.1. The summed E-state index contributed by atoms with van der Waals surface area (Å²) in [6.45, 7) is 5.52. The summed E-state index contributed by atoms with van der Waals surface area (Å²) in [5, 5.41) is 2.96. The predicted octanol–water partition coefficient (Wildman–Crippen LogP) is 3.89. The van der Waals surface area contributed by atoms with Gasteiger partial charge in [0.25, 0.3) is 5.91 Å². The molecule has 0 unspecified atom stereocenters. The van der Waals surface area contributed by atoms with Crippen LogP contribution in [0.1, 0.15) is 40.7 Å². The van der Waals surface area contributed by atoms with Crippen LogP contribution in [0.25, 0.3) is 0 Å². The lowest BCUT2D eigenvalue weighted by Crippen LogP contribution is -2.30. The highest BCUT2D eigenvalue weighted by molar-refractivity contribution is 8.00. The molecule has 1 atom stereocenters. The van der Waals surface area contributed by atoms with Crippen LogP contribution in [0, 0.1) is 5.92 Å². The number of benzene rings is 2. The third kappa shape index (κ3) is 5.13. The number of nitrogens with one attached hydrogen (secondary N) is 1. The third-order valence-electron chi connectivity index (χ3n) is 4.58. The largest absolute Gasteiger partial charge is 0.352 e. The number of carbonyl (C=O) groups excluding carboxylic acids is 2. The molecule has 1 aliphatic heterocycles. The molecule has 0 spiro atoms. The van der Waals surface area contributed by atoms with E-state index in [1.54, 1.807) is 11.8 Å². The second kappa shape index (κ2) is 9.09. The van der Waals surface area contributed by atoms with Crippen LogP contribution in [-0.2, 0) is 11.2 Å². The summed E-state index contributed by atoms with van der Waals surface area (Å²) in [5.41, 5.74) is 2.96. The standard InChI is InChI=1S/C22H26N2O2S/c1-16(2)14-23-21(26)18-8-10-19(11-9-18)22-24(20(25)15-27-22)13-12-17-6-4-3-5-7-17/h3-11,16,22H,12-15H2,1-2H3,(H,23,26)/t22-/m1/s1. The normalized spacial score (nSPS) is 16.8.